The van der Waals surface area contributed by atoms with Gasteiger partial charge in [0.2, 0.25) is 17.7 Å². The number of hydrogen-bond acceptors (Lipinski definition) is 4. The first-order valence-corrected chi connectivity index (χ1v) is 9.58. The summed E-state index contributed by atoms with van der Waals surface area (Å²) >= 11 is 0. The molecule has 1 fully saturated rings. The molecule has 150 valence electrons. The van der Waals surface area contributed by atoms with Crippen LogP contribution in [-0.4, -0.2) is 65.2 Å². The van der Waals surface area contributed by atoms with Crippen LogP contribution in [0.25, 0.3) is 6.08 Å². The van der Waals surface area contributed by atoms with Crippen molar-refractivity contribution >= 4 is 23.8 Å². The smallest absolute Gasteiger partial charge is 0.244 e. The Morgan fingerprint density at radius 1 is 0.897 bits per heavy atom. The van der Waals surface area contributed by atoms with Gasteiger partial charge in [-0.2, -0.15) is 0 Å². The van der Waals surface area contributed by atoms with Gasteiger partial charge < -0.3 is 15.1 Å². The van der Waals surface area contributed by atoms with Crippen molar-refractivity contribution in [3.63, 3.8) is 0 Å². The van der Waals surface area contributed by atoms with Gasteiger partial charge in [0.05, 0.1) is 13.0 Å². The number of carbonyl (C=O) groups excluding carboxylic acids is 3. The van der Waals surface area contributed by atoms with E-state index in [1.54, 1.807) is 22.1 Å². The van der Waals surface area contributed by atoms with Gasteiger partial charge in [-0.15, -0.1) is 0 Å². The van der Waals surface area contributed by atoms with Crippen LogP contribution in [0.3, 0.4) is 0 Å². The molecule has 3 rings (SSSR count). The molecule has 3 amide bonds. The zero-order chi connectivity index (χ0) is 20.5. The van der Waals surface area contributed by atoms with E-state index in [9.17, 15) is 14.4 Å². The molecule has 1 aliphatic rings. The maximum Gasteiger partial charge on any atom is 0.244 e. The predicted octanol–water partition coefficient (Wildman–Crippen LogP) is 1.12. The van der Waals surface area contributed by atoms with Crippen molar-refractivity contribution in [2.75, 3.05) is 32.7 Å². The summed E-state index contributed by atoms with van der Waals surface area (Å²) in [5.41, 5.74) is 1.66. The number of amides is 3. The third-order valence-electron chi connectivity index (χ3n) is 4.68. The normalized spacial score (nSPS) is 14.1. The minimum absolute atomic E-state index is 0.00940. The molecule has 1 aromatic carbocycles. The second kappa shape index (κ2) is 10.2. The van der Waals surface area contributed by atoms with E-state index in [0.29, 0.717) is 26.2 Å². The summed E-state index contributed by atoms with van der Waals surface area (Å²) in [4.78, 5) is 44.2. The van der Waals surface area contributed by atoms with Crippen molar-refractivity contribution in [2.24, 2.45) is 0 Å². The molecule has 1 aromatic heterocycles. The number of nitrogens with zero attached hydrogens (tertiary/aromatic N) is 3. The molecule has 2 aromatic rings. The van der Waals surface area contributed by atoms with Crippen LogP contribution in [0.15, 0.2) is 60.8 Å². The Kier molecular flexibility index (Phi) is 7.10. The molecule has 1 N–H and O–H groups in total. The quantitative estimate of drug-likeness (QED) is 0.747. The maximum absolute atomic E-state index is 12.4. The van der Waals surface area contributed by atoms with E-state index < -0.39 is 0 Å². The van der Waals surface area contributed by atoms with Crippen LogP contribution in [0.4, 0.5) is 0 Å². The Bertz CT molecular complexity index is 860. The van der Waals surface area contributed by atoms with Crippen molar-refractivity contribution in [1.82, 2.24) is 20.1 Å². The SMILES string of the molecule is O=C(/C=C/c1ccccc1)NCC(=O)N1CCN(C(=O)Cc2ccccn2)CC1. The van der Waals surface area contributed by atoms with Crippen molar-refractivity contribution in [3.8, 4) is 0 Å². The van der Waals surface area contributed by atoms with E-state index in [0.717, 1.165) is 11.3 Å². The highest BCUT2D eigenvalue weighted by Crippen LogP contribution is 2.06. The third-order valence-corrected chi connectivity index (χ3v) is 4.68. The highest BCUT2D eigenvalue weighted by atomic mass is 16.2. The van der Waals surface area contributed by atoms with Crippen molar-refractivity contribution in [2.45, 2.75) is 6.42 Å². The molecule has 0 bridgehead atoms. The van der Waals surface area contributed by atoms with E-state index >= 15 is 0 Å². The Labute approximate surface area is 170 Å². The molecule has 0 saturated carbocycles. The number of pyridine rings is 1. The van der Waals surface area contributed by atoms with Crippen molar-refractivity contribution < 1.29 is 14.4 Å². The fraction of sp³-hybridized carbons (Fsp3) is 0.273. The van der Waals surface area contributed by atoms with E-state index in [2.05, 4.69) is 10.3 Å². The number of piperazine rings is 1. The van der Waals surface area contributed by atoms with E-state index in [4.69, 9.17) is 0 Å². The van der Waals surface area contributed by atoms with Crippen LogP contribution in [0.2, 0.25) is 0 Å². The lowest BCUT2D eigenvalue weighted by Crippen LogP contribution is -2.52. The fourth-order valence-electron chi connectivity index (χ4n) is 3.04. The van der Waals surface area contributed by atoms with Gasteiger partial charge in [0.1, 0.15) is 0 Å². The van der Waals surface area contributed by atoms with Crippen molar-refractivity contribution in [3.05, 3.63) is 72.1 Å². The number of benzene rings is 1. The average molecular weight is 392 g/mol. The number of hydrogen-bond donors (Lipinski definition) is 1. The van der Waals surface area contributed by atoms with Crippen LogP contribution >= 0.6 is 0 Å². The molecule has 7 nitrogen and oxygen atoms in total. The molecule has 0 aliphatic carbocycles. The summed E-state index contributed by atoms with van der Waals surface area (Å²) in [6, 6.07) is 15.0. The number of aromatic nitrogens is 1. The molecule has 29 heavy (non-hydrogen) atoms. The van der Waals surface area contributed by atoms with Gasteiger partial charge in [-0.3, -0.25) is 19.4 Å². The van der Waals surface area contributed by atoms with Gasteiger partial charge in [-0.05, 0) is 23.8 Å². The van der Waals surface area contributed by atoms with Crippen LogP contribution in [0.5, 0.6) is 0 Å². The second-order valence-corrected chi connectivity index (χ2v) is 6.72. The first-order chi connectivity index (χ1) is 14.1. The summed E-state index contributed by atoms with van der Waals surface area (Å²) in [5.74, 6) is -0.454. The van der Waals surface area contributed by atoms with Crippen LogP contribution < -0.4 is 5.32 Å². The zero-order valence-electron chi connectivity index (χ0n) is 16.2. The molecular weight excluding hydrogens is 368 g/mol. The van der Waals surface area contributed by atoms with Crippen molar-refractivity contribution in [1.29, 1.82) is 0 Å². The predicted molar refractivity (Wildman–Crippen MR) is 110 cm³/mol. The summed E-state index contributed by atoms with van der Waals surface area (Å²) < 4.78 is 0. The standard InChI is InChI=1S/C22H24N4O3/c27-20(10-9-18-6-2-1-3-7-18)24-17-22(29)26-14-12-25(13-15-26)21(28)16-19-8-4-5-11-23-19/h1-11H,12-17H2,(H,24,27)/b10-9+. The van der Waals surface area contributed by atoms with Crippen LogP contribution in [0.1, 0.15) is 11.3 Å². The third kappa shape index (κ3) is 6.27. The molecule has 0 atom stereocenters. The first kappa shape index (κ1) is 20.3. The van der Waals surface area contributed by atoms with Gasteiger partial charge >= 0.3 is 0 Å². The summed E-state index contributed by atoms with van der Waals surface area (Å²) in [5, 5.41) is 2.61. The zero-order valence-corrected chi connectivity index (χ0v) is 16.2. The molecule has 0 spiro atoms. The van der Waals surface area contributed by atoms with E-state index in [1.807, 2.05) is 48.5 Å². The lowest BCUT2D eigenvalue weighted by atomic mass is 10.2. The topological polar surface area (TPSA) is 82.6 Å². The lowest BCUT2D eigenvalue weighted by molar-refractivity contribution is -0.139. The number of rotatable bonds is 6. The minimum atomic E-state index is -0.314. The first-order valence-electron chi connectivity index (χ1n) is 9.58. The van der Waals surface area contributed by atoms with Gasteiger partial charge in [-0.1, -0.05) is 36.4 Å². The molecule has 7 heteroatoms. The van der Waals surface area contributed by atoms with Gasteiger partial charge in [0.25, 0.3) is 0 Å². The number of carbonyl (C=O) groups is 3. The van der Waals surface area contributed by atoms with Gasteiger partial charge in [-0.25, -0.2) is 0 Å². The van der Waals surface area contributed by atoms with E-state index in [-0.39, 0.29) is 30.7 Å². The van der Waals surface area contributed by atoms with Crippen LogP contribution in [-0.2, 0) is 20.8 Å². The molecule has 0 unspecified atom stereocenters. The average Bonchev–Trinajstić information content (AvgIpc) is 2.77. The Morgan fingerprint density at radius 3 is 2.21 bits per heavy atom. The monoisotopic (exact) mass is 392 g/mol. The Balaban J connectivity index is 1.39. The molecular formula is C22H24N4O3. The highest BCUT2D eigenvalue weighted by molar-refractivity contribution is 5.94. The number of nitrogens with one attached hydrogen (secondary N) is 1. The summed E-state index contributed by atoms with van der Waals surface area (Å²) in [6.45, 7) is 1.84. The largest absolute Gasteiger partial charge is 0.343 e. The van der Waals surface area contributed by atoms with Crippen LogP contribution in [0, 0.1) is 0 Å². The lowest BCUT2D eigenvalue weighted by Gasteiger charge is -2.34. The second-order valence-electron chi connectivity index (χ2n) is 6.72. The summed E-state index contributed by atoms with van der Waals surface area (Å²) in [6.07, 6.45) is 5.05. The highest BCUT2D eigenvalue weighted by Gasteiger charge is 2.24. The maximum atomic E-state index is 12.4. The van der Waals surface area contributed by atoms with Gasteiger partial charge in [0.15, 0.2) is 0 Å². The molecule has 1 aliphatic heterocycles. The molecule has 2 heterocycles. The molecule has 1 saturated heterocycles. The summed E-state index contributed by atoms with van der Waals surface area (Å²) in [7, 11) is 0. The van der Waals surface area contributed by atoms with E-state index in [1.165, 1.54) is 6.08 Å². The Morgan fingerprint density at radius 2 is 1.55 bits per heavy atom. The Hall–Kier alpha value is -3.48. The fourth-order valence-corrected chi connectivity index (χ4v) is 3.04. The molecule has 0 radical (unpaired) electrons. The van der Waals surface area contributed by atoms with Gasteiger partial charge in [0, 0.05) is 44.1 Å². The minimum Gasteiger partial charge on any atom is -0.343 e.